The molecule has 1 aliphatic rings. The van der Waals surface area contributed by atoms with Crippen LogP contribution in [0.15, 0.2) is 108 Å². The number of anilines is 1. The molecule has 0 saturated heterocycles. The fourth-order valence-electron chi connectivity index (χ4n) is 6.51. The number of nitrogens with one attached hydrogen (secondary N) is 1. The van der Waals surface area contributed by atoms with Gasteiger partial charge in [-0.2, -0.15) is 0 Å². The van der Waals surface area contributed by atoms with E-state index in [1.165, 1.54) is 4.31 Å². The summed E-state index contributed by atoms with van der Waals surface area (Å²) in [6, 6.07) is 30.7. The maximum Gasteiger partial charge on any atom is 0.264 e. The fourth-order valence-corrected chi connectivity index (χ4v) is 7.96. The molecule has 4 aromatic rings. The number of nitrogens with zero attached hydrogens (tertiary/aromatic N) is 2. The third-order valence-electron chi connectivity index (χ3n) is 9.19. The Hall–Kier alpha value is -4.43. The smallest absolute Gasteiger partial charge is 0.264 e. The summed E-state index contributed by atoms with van der Waals surface area (Å²) in [5, 5.41) is 3.27. The van der Waals surface area contributed by atoms with Crippen LogP contribution in [0.1, 0.15) is 66.8 Å². The summed E-state index contributed by atoms with van der Waals surface area (Å²) in [4.78, 5) is 30.8. The number of hydrogen-bond donors (Lipinski definition) is 1. The molecule has 1 fully saturated rings. The Morgan fingerprint density at radius 2 is 1.46 bits per heavy atom. The molecule has 48 heavy (non-hydrogen) atoms. The van der Waals surface area contributed by atoms with E-state index in [4.69, 9.17) is 0 Å². The SMILES string of the molecule is CCc1ccccc1N(CC(=O)N(Cc1cccc(C)c1)[C@H](Cc1ccccc1)C(=O)NC1CCCCC1)S(=O)(=O)c1ccc(C)cc1. The average Bonchev–Trinajstić information content (AvgIpc) is 3.09. The quantitative estimate of drug-likeness (QED) is 0.164. The Balaban J connectivity index is 1.58. The highest BCUT2D eigenvalue weighted by molar-refractivity contribution is 7.92. The zero-order chi connectivity index (χ0) is 34.1. The maximum atomic E-state index is 14.8. The van der Waals surface area contributed by atoms with Gasteiger partial charge in [-0.3, -0.25) is 13.9 Å². The van der Waals surface area contributed by atoms with E-state index in [1.54, 1.807) is 41.3 Å². The van der Waals surface area contributed by atoms with Gasteiger partial charge in [-0.15, -0.1) is 0 Å². The lowest BCUT2D eigenvalue weighted by atomic mass is 9.94. The number of carbonyl (C=O) groups is 2. The number of amides is 2. The molecule has 252 valence electrons. The lowest BCUT2D eigenvalue weighted by Crippen LogP contribution is -2.55. The summed E-state index contributed by atoms with van der Waals surface area (Å²) in [6.07, 6.45) is 5.97. The summed E-state index contributed by atoms with van der Waals surface area (Å²) in [5.41, 5.74) is 5.02. The van der Waals surface area contributed by atoms with E-state index in [2.05, 4.69) is 5.32 Å². The molecule has 1 aliphatic carbocycles. The molecular weight excluding hydrogens is 619 g/mol. The van der Waals surface area contributed by atoms with Gasteiger partial charge in [0, 0.05) is 19.0 Å². The van der Waals surface area contributed by atoms with Crippen molar-refractivity contribution < 1.29 is 18.0 Å². The molecule has 1 atom stereocenters. The molecule has 0 radical (unpaired) electrons. The molecule has 1 saturated carbocycles. The highest BCUT2D eigenvalue weighted by Gasteiger charge is 2.36. The molecule has 2 amide bonds. The molecule has 0 aliphatic heterocycles. The predicted molar refractivity (Wildman–Crippen MR) is 192 cm³/mol. The van der Waals surface area contributed by atoms with Crippen molar-refractivity contribution >= 4 is 27.5 Å². The van der Waals surface area contributed by atoms with E-state index in [0.29, 0.717) is 18.5 Å². The fraction of sp³-hybridized carbons (Fsp3) is 0.350. The normalized spacial score (nSPS) is 14.2. The van der Waals surface area contributed by atoms with Crippen LogP contribution in [0.2, 0.25) is 0 Å². The lowest BCUT2D eigenvalue weighted by molar-refractivity contribution is -0.140. The Labute approximate surface area is 286 Å². The van der Waals surface area contributed by atoms with Gasteiger partial charge in [-0.1, -0.05) is 122 Å². The third-order valence-corrected chi connectivity index (χ3v) is 11.0. The van der Waals surface area contributed by atoms with Crippen molar-refractivity contribution in [3.05, 3.63) is 131 Å². The van der Waals surface area contributed by atoms with Crippen molar-refractivity contribution in [1.29, 1.82) is 0 Å². The van der Waals surface area contributed by atoms with Crippen LogP contribution < -0.4 is 9.62 Å². The molecule has 0 bridgehead atoms. The zero-order valence-corrected chi connectivity index (χ0v) is 29.1. The molecule has 8 heteroatoms. The summed E-state index contributed by atoms with van der Waals surface area (Å²) >= 11 is 0. The Kier molecular flexibility index (Phi) is 11.7. The second-order valence-electron chi connectivity index (χ2n) is 12.9. The summed E-state index contributed by atoms with van der Waals surface area (Å²) in [7, 11) is -4.15. The predicted octanol–water partition coefficient (Wildman–Crippen LogP) is 7.15. The van der Waals surface area contributed by atoms with Crippen LogP contribution in [-0.4, -0.2) is 43.8 Å². The minimum absolute atomic E-state index is 0.0512. The molecule has 4 aromatic carbocycles. The van der Waals surface area contributed by atoms with Gasteiger partial charge in [0.25, 0.3) is 10.0 Å². The maximum absolute atomic E-state index is 14.8. The van der Waals surface area contributed by atoms with Gasteiger partial charge in [0.15, 0.2) is 0 Å². The average molecular weight is 666 g/mol. The Morgan fingerprint density at radius 3 is 2.15 bits per heavy atom. The lowest BCUT2D eigenvalue weighted by Gasteiger charge is -2.35. The second-order valence-corrected chi connectivity index (χ2v) is 14.7. The van der Waals surface area contributed by atoms with Crippen LogP contribution in [0, 0.1) is 13.8 Å². The first-order chi connectivity index (χ1) is 23.2. The van der Waals surface area contributed by atoms with E-state index in [9.17, 15) is 18.0 Å². The molecule has 0 spiro atoms. The topological polar surface area (TPSA) is 86.8 Å². The molecule has 1 N–H and O–H groups in total. The zero-order valence-electron chi connectivity index (χ0n) is 28.3. The van der Waals surface area contributed by atoms with Crippen LogP contribution in [0.4, 0.5) is 5.69 Å². The van der Waals surface area contributed by atoms with Crippen LogP contribution in [0.5, 0.6) is 0 Å². The van der Waals surface area contributed by atoms with E-state index in [-0.39, 0.29) is 23.4 Å². The van der Waals surface area contributed by atoms with Crippen molar-refractivity contribution in [1.82, 2.24) is 10.2 Å². The van der Waals surface area contributed by atoms with Crippen molar-refractivity contribution in [2.45, 2.75) is 89.2 Å². The van der Waals surface area contributed by atoms with Gasteiger partial charge < -0.3 is 10.2 Å². The van der Waals surface area contributed by atoms with Crippen LogP contribution in [0.3, 0.4) is 0 Å². The van der Waals surface area contributed by atoms with Gasteiger partial charge in [0.2, 0.25) is 11.8 Å². The van der Waals surface area contributed by atoms with Crippen LogP contribution >= 0.6 is 0 Å². The molecule has 0 aromatic heterocycles. The van der Waals surface area contributed by atoms with Gasteiger partial charge >= 0.3 is 0 Å². The molecule has 0 heterocycles. The number of carbonyl (C=O) groups excluding carboxylic acids is 2. The van der Waals surface area contributed by atoms with Crippen molar-refractivity contribution in [2.24, 2.45) is 0 Å². The van der Waals surface area contributed by atoms with E-state index in [0.717, 1.165) is 59.9 Å². The monoisotopic (exact) mass is 665 g/mol. The largest absolute Gasteiger partial charge is 0.352 e. The number of rotatable bonds is 13. The minimum Gasteiger partial charge on any atom is -0.352 e. The summed E-state index contributed by atoms with van der Waals surface area (Å²) in [5.74, 6) is -0.661. The van der Waals surface area contributed by atoms with Gasteiger partial charge in [-0.25, -0.2) is 8.42 Å². The molecular formula is C40H47N3O4S. The van der Waals surface area contributed by atoms with E-state index < -0.39 is 28.5 Å². The number of hydrogen-bond acceptors (Lipinski definition) is 4. The molecule has 7 nitrogen and oxygen atoms in total. The Bertz CT molecular complexity index is 1780. The first-order valence-corrected chi connectivity index (χ1v) is 18.5. The number of sulfonamides is 1. The van der Waals surface area contributed by atoms with Crippen LogP contribution in [-0.2, 0) is 39.0 Å². The van der Waals surface area contributed by atoms with E-state index >= 15 is 0 Å². The summed E-state index contributed by atoms with van der Waals surface area (Å²) < 4.78 is 30.0. The van der Waals surface area contributed by atoms with Crippen molar-refractivity contribution in [3.8, 4) is 0 Å². The second kappa shape index (κ2) is 16.1. The van der Waals surface area contributed by atoms with Crippen molar-refractivity contribution in [2.75, 3.05) is 10.8 Å². The number of benzene rings is 4. The summed E-state index contributed by atoms with van der Waals surface area (Å²) in [6.45, 7) is 5.56. The van der Waals surface area contributed by atoms with Crippen molar-refractivity contribution in [3.63, 3.8) is 0 Å². The number of aryl methyl sites for hydroxylation is 3. The highest BCUT2D eigenvalue weighted by atomic mass is 32.2. The first kappa shape index (κ1) is 34.9. The Morgan fingerprint density at radius 1 is 0.792 bits per heavy atom. The standard InChI is InChI=1S/C40H47N3O4S/c1-4-34-18-11-12-21-37(34)43(48(46,47)36-24-22-30(2)23-25-36)29-39(44)42(28-33-17-13-14-31(3)26-33)38(27-32-15-7-5-8-16-32)40(45)41-35-19-9-6-10-20-35/h5,7-8,11-18,21-26,35,38H,4,6,9-10,19-20,27-29H2,1-3H3,(H,41,45)/t38-/m1/s1. The van der Waals surface area contributed by atoms with Gasteiger partial charge in [0.05, 0.1) is 10.6 Å². The third kappa shape index (κ3) is 8.72. The van der Waals surface area contributed by atoms with Gasteiger partial charge in [-0.05, 0) is 68.0 Å². The van der Waals surface area contributed by atoms with Gasteiger partial charge in [0.1, 0.15) is 12.6 Å². The molecule has 0 unspecified atom stereocenters. The first-order valence-electron chi connectivity index (χ1n) is 17.0. The molecule has 5 rings (SSSR count). The van der Waals surface area contributed by atoms with Crippen LogP contribution in [0.25, 0.3) is 0 Å². The minimum atomic E-state index is -4.15. The van der Waals surface area contributed by atoms with E-state index in [1.807, 2.05) is 87.5 Å². The number of para-hydroxylation sites is 1. The highest BCUT2D eigenvalue weighted by Crippen LogP contribution is 2.29.